The summed E-state index contributed by atoms with van der Waals surface area (Å²) in [4.78, 5) is 0. The van der Waals surface area contributed by atoms with Gasteiger partial charge in [-0.3, -0.25) is 0 Å². The summed E-state index contributed by atoms with van der Waals surface area (Å²) in [6.45, 7) is 4.62. The molecule has 2 aromatic rings. The van der Waals surface area contributed by atoms with Crippen molar-refractivity contribution in [2.24, 2.45) is 11.8 Å². The molecule has 1 saturated carbocycles. The highest BCUT2D eigenvalue weighted by molar-refractivity contribution is 5.49. The molecule has 2 heteroatoms. The molecule has 2 nitrogen and oxygen atoms in total. The monoisotopic (exact) mass is 334 g/mol. The van der Waals surface area contributed by atoms with Crippen LogP contribution < -0.4 is 4.74 Å². The number of rotatable bonds is 7. The van der Waals surface area contributed by atoms with E-state index in [4.69, 9.17) is 9.47 Å². The average Bonchev–Trinajstić information content (AvgIpc) is 3.08. The van der Waals surface area contributed by atoms with Crippen LogP contribution in [0.4, 0.5) is 0 Å². The maximum Gasteiger partial charge on any atom is 0.118 e. The molecule has 130 valence electrons. The van der Waals surface area contributed by atoms with Gasteiger partial charge in [0.05, 0.1) is 19.8 Å². The number of ether oxygens (including phenoxy) is 2. The molecule has 0 aliphatic heterocycles. The van der Waals surface area contributed by atoms with Gasteiger partial charge in [-0.25, -0.2) is 0 Å². The molecule has 3 atom stereocenters. The van der Waals surface area contributed by atoms with E-state index in [9.17, 15) is 0 Å². The van der Waals surface area contributed by atoms with Crippen molar-refractivity contribution in [2.75, 3.05) is 7.11 Å². The summed E-state index contributed by atoms with van der Waals surface area (Å²) < 4.78 is 11.5. The van der Waals surface area contributed by atoms with Crippen LogP contribution in [0.3, 0.4) is 0 Å². The van der Waals surface area contributed by atoms with Crippen molar-refractivity contribution in [1.29, 1.82) is 0 Å². The molecule has 1 aliphatic rings. The Morgan fingerprint density at radius 2 is 1.72 bits per heavy atom. The Balaban J connectivity index is 1.64. The van der Waals surface area contributed by atoms with E-state index in [1.807, 2.05) is 18.2 Å². The first kappa shape index (κ1) is 17.5. The lowest BCUT2D eigenvalue weighted by atomic mass is 9.99. The summed E-state index contributed by atoms with van der Waals surface area (Å²) in [6.07, 6.45) is 9.04. The van der Waals surface area contributed by atoms with Gasteiger partial charge < -0.3 is 9.47 Å². The fourth-order valence-corrected chi connectivity index (χ4v) is 3.45. The quantitative estimate of drug-likeness (QED) is 0.622. The molecule has 0 spiro atoms. The van der Waals surface area contributed by atoms with Crippen LogP contribution in [0.25, 0.3) is 6.08 Å². The van der Waals surface area contributed by atoms with E-state index in [0.717, 1.165) is 18.6 Å². The SMILES string of the molecule is C=C[C@H]1CC[C@@H](/C=C/c2ccccc2)[C@H]1OCc1ccc(OC)cc1. The first-order valence-electron chi connectivity index (χ1n) is 8.90. The second-order valence-corrected chi connectivity index (χ2v) is 6.53. The molecular formula is C23H26O2. The van der Waals surface area contributed by atoms with Crippen molar-refractivity contribution in [2.45, 2.75) is 25.6 Å². The fourth-order valence-electron chi connectivity index (χ4n) is 3.45. The Kier molecular flexibility index (Phi) is 6.08. The van der Waals surface area contributed by atoms with Crippen molar-refractivity contribution in [3.63, 3.8) is 0 Å². The first-order chi connectivity index (χ1) is 12.3. The lowest BCUT2D eigenvalue weighted by Gasteiger charge is -2.22. The molecule has 25 heavy (non-hydrogen) atoms. The summed E-state index contributed by atoms with van der Waals surface area (Å²) in [5.41, 5.74) is 2.40. The molecule has 3 rings (SSSR count). The predicted octanol–water partition coefficient (Wildman–Crippen LogP) is 5.51. The Morgan fingerprint density at radius 3 is 2.40 bits per heavy atom. The zero-order chi connectivity index (χ0) is 17.5. The molecule has 0 aromatic heterocycles. The van der Waals surface area contributed by atoms with E-state index in [1.54, 1.807) is 7.11 Å². The van der Waals surface area contributed by atoms with Crippen LogP contribution in [-0.4, -0.2) is 13.2 Å². The van der Waals surface area contributed by atoms with E-state index in [-0.39, 0.29) is 6.10 Å². The van der Waals surface area contributed by atoms with E-state index in [1.165, 1.54) is 11.1 Å². The molecule has 0 unspecified atom stereocenters. The van der Waals surface area contributed by atoms with Crippen LogP contribution in [0.2, 0.25) is 0 Å². The van der Waals surface area contributed by atoms with Crippen molar-refractivity contribution in [3.8, 4) is 5.75 Å². The number of benzene rings is 2. The second-order valence-electron chi connectivity index (χ2n) is 6.53. The Hall–Kier alpha value is -2.32. The van der Waals surface area contributed by atoms with Gasteiger partial charge in [-0.05, 0) is 36.1 Å². The van der Waals surface area contributed by atoms with Crippen LogP contribution in [0.15, 0.2) is 73.3 Å². The van der Waals surface area contributed by atoms with Crippen molar-refractivity contribution >= 4 is 6.08 Å². The molecule has 2 aromatic carbocycles. The minimum atomic E-state index is 0.194. The zero-order valence-electron chi connectivity index (χ0n) is 14.8. The van der Waals surface area contributed by atoms with Crippen molar-refractivity contribution < 1.29 is 9.47 Å². The number of methoxy groups -OCH3 is 1. The van der Waals surface area contributed by atoms with E-state index >= 15 is 0 Å². The van der Waals surface area contributed by atoms with E-state index in [0.29, 0.717) is 18.4 Å². The average molecular weight is 334 g/mol. The topological polar surface area (TPSA) is 18.5 Å². The molecule has 0 saturated heterocycles. The van der Waals surface area contributed by atoms with Gasteiger partial charge in [-0.2, -0.15) is 0 Å². The van der Waals surface area contributed by atoms with E-state index in [2.05, 4.69) is 61.2 Å². The van der Waals surface area contributed by atoms with Crippen molar-refractivity contribution in [3.05, 3.63) is 84.5 Å². The van der Waals surface area contributed by atoms with Gasteiger partial charge in [0.1, 0.15) is 5.75 Å². The van der Waals surface area contributed by atoms with E-state index < -0.39 is 0 Å². The minimum Gasteiger partial charge on any atom is -0.497 e. The number of hydrogen-bond acceptors (Lipinski definition) is 2. The molecular weight excluding hydrogens is 308 g/mol. The highest BCUT2D eigenvalue weighted by atomic mass is 16.5. The molecule has 1 aliphatic carbocycles. The lowest BCUT2D eigenvalue weighted by Crippen LogP contribution is -2.23. The van der Waals surface area contributed by atoms with Crippen LogP contribution in [-0.2, 0) is 11.3 Å². The normalized spacial score (nSPS) is 23.0. The smallest absolute Gasteiger partial charge is 0.118 e. The maximum absolute atomic E-state index is 6.30. The summed E-state index contributed by atoms with van der Waals surface area (Å²) >= 11 is 0. The highest BCUT2D eigenvalue weighted by Gasteiger charge is 2.33. The van der Waals surface area contributed by atoms with Gasteiger partial charge >= 0.3 is 0 Å². The standard InChI is InChI=1S/C23H26O2/c1-3-20-13-14-21(12-9-18-7-5-4-6-8-18)23(20)25-17-19-10-15-22(24-2)16-11-19/h3-12,15-16,20-21,23H,1,13-14,17H2,2H3/b12-9+/t20-,21+,23-/m0/s1. The van der Waals surface area contributed by atoms with Gasteiger partial charge in [0.15, 0.2) is 0 Å². The zero-order valence-corrected chi connectivity index (χ0v) is 14.8. The third kappa shape index (κ3) is 4.61. The van der Waals surface area contributed by atoms with Gasteiger partial charge in [0.2, 0.25) is 0 Å². The fraction of sp³-hybridized carbons (Fsp3) is 0.304. The van der Waals surface area contributed by atoms with Crippen LogP contribution in [0.5, 0.6) is 5.75 Å². The summed E-state index contributed by atoms with van der Waals surface area (Å²) in [5.74, 6) is 1.72. The minimum absolute atomic E-state index is 0.194. The molecule has 0 amide bonds. The molecule has 0 N–H and O–H groups in total. The Morgan fingerprint density at radius 1 is 1.00 bits per heavy atom. The highest BCUT2D eigenvalue weighted by Crippen LogP contribution is 2.36. The predicted molar refractivity (Wildman–Crippen MR) is 103 cm³/mol. The van der Waals surface area contributed by atoms with Gasteiger partial charge in [-0.15, -0.1) is 6.58 Å². The Labute approximate surface area is 150 Å². The van der Waals surface area contributed by atoms with Gasteiger partial charge in [-0.1, -0.05) is 60.7 Å². The van der Waals surface area contributed by atoms with Crippen LogP contribution >= 0.6 is 0 Å². The number of hydrogen-bond donors (Lipinski definition) is 0. The molecule has 0 heterocycles. The lowest BCUT2D eigenvalue weighted by molar-refractivity contribution is 0.00998. The summed E-state index contributed by atoms with van der Waals surface area (Å²) in [5, 5.41) is 0. The van der Waals surface area contributed by atoms with Crippen molar-refractivity contribution in [1.82, 2.24) is 0 Å². The molecule has 0 radical (unpaired) electrons. The molecule has 1 fully saturated rings. The summed E-state index contributed by atoms with van der Waals surface area (Å²) in [6, 6.07) is 18.5. The third-order valence-electron chi connectivity index (χ3n) is 4.92. The van der Waals surface area contributed by atoms with Crippen LogP contribution in [0, 0.1) is 11.8 Å². The van der Waals surface area contributed by atoms with Crippen LogP contribution in [0.1, 0.15) is 24.0 Å². The van der Waals surface area contributed by atoms with Gasteiger partial charge in [0.25, 0.3) is 0 Å². The maximum atomic E-state index is 6.30. The Bertz CT molecular complexity index is 688. The largest absolute Gasteiger partial charge is 0.497 e. The third-order valence-corrected chi connectivity index (χ3v) is 4.92. The first-order valence-corrected chi connectivity index (χ1v) is 8.90. The summed E-state index contributed by atoms with van der Waals surface area (Å²) in [7, 11) is 1.68. The van der Waals surface area contributed by atoms with Gasteiger partial charge in [0, 0.05) is 11.8 Å². The molecule has 0 bridgehead atoms. The second kappa shape index (κ2) is 8.68.